The van der Waals surface area contributed by atoms with Gasteiger partial charge in [0, 0.05) is 42.0 Å². The van der Waals surface area contributed by atoms with E-state index in [1.165, 1.54) is 25.1 Å². The van der Waals surface area contributed by atoms with Crippen LogP contribution in [0.3, 0.4) is 0 Å². The van der Waals surface area contributed by atoms with Crippen LogP contribution in [0.5, 0.6) is 5.75 Å². The van der Waals surface area contributed by atoms with Gasteiger partial charge in [0.05, 0.1) is 35.0 Å². The summed E-state index contributed by atoms with van der Waals surface area (Å²) in [6.45, 7) is 4.17. The zero-order valence-corrected chi connectivity index (χ0v) is 30.6. The van der Waals surface area contributed by atoms with Gasteiger partial charge >= 0.3 is 18.3 Å². The number of hydrogen-bond acceptors (Lipinski definition) is 8. The minimum Gasteiger partial charge on any atom is -0.481 e. The Morgan fingerprint density at radius 1 is 0.857 bits per heavy atom. The smallest absolute Gasteiger partial charge is 0.416 e. The number of nitrogens with one attached hydrogen (secondary N) is 1. The number of carbonyl (C=O) groups excluding carboxylic acids is 3. The molecule has 0 saturated carbocycles. The highest BCUT2D eigenvalue weighted by molar-refractivity contribution is 6.05. The Labute approximate surface area is 317 Å². The lowest BCUT2D eigenvalue weighted by Crippen LogP contribution is -2.22. The molecular formula is C40H35F6N5O5. The summed E-state index contributed by atoms with van der Waals surface area (Å²) in [6.07, 6.45) is -3.97. The summed E-state index contributed by atoms with van der Waals surface area (Å²) in [6, 6.07) is 17.8. The highest BCUT2D eigenvalue weighted by Gasteiger charge is 2.33. The molecule has 5 aromatic rings. The number of ether oxygens (including phenoxy) is 2. The largest absolute Gasteiger partial charge is 0.481 e. The molecule has 4 aromatic carbocycles. The Morgan fingerprint density at radius 2 is 1.48 bits per heavy atom. The second-order valence-corrected chi connectivity index (χ2v) is 12.6. The first-order valence-electron chi connectivity index (χ1n) is 16.5. The highest BCUT2D eigenvalue weighted by Crippen LogP contribution is 2.34. The van der Waals surface area contributed by atoms with Crippen LogP contribution in [0.2, 0.25) is 0 Å². The van der Waals surface area contributed by atoms with E-state index >= 15 is 0 Å². The van der Waals surface area contributed by atoms with Crippen LogP contribution in [-0.4, -0.2) is 60.5 Å². The third-order valence-corrected chi connectivity index (χ3v) is 7.92. The number of carbonyl (C=O) groups is 3. The van der Waals surface area contributed by atoms with E-state index in [1.807, 2.05) is 24.3 Å². The van der Waals surface area contributed by atoms with Gasteiger partial charge in [-0.3, -0.25) is 9.59 Å². The number of terminal acetylenes is 1. The fourth-order valence-corrected chi connectivity index (χ4v) is 5.15. The average Bonchev–Trinajstić information content (AvgIpc) is 3.15. The van der Waals surface area contributed by atoms with Crippen LogP contribution in [0.1, 0.15) is 67.8 Å². The van der Waals surface area contributed by atoms with Gasteiger partial charge < -0.3 is 25.4 Å². The zero-order valence-electron chi connectivity index (χ0n) is 30.6. The Morgan fingerprint density at radius 3 is 2.05 bits per heavy atom. The Balaban J connectivity index is 0.000000364. The molecule has 1 heterocycles. The van der Waals surface area contributed by atoms with E-state index < -0.39 is 41.3 Å². The van der Waals surface area contributed by atoms with Crippen molar-refractivity contribution in [1.82, 2.24) is 14.9 Å². The van der Waals surface area contributed by atoms with Crippen molar-refractivity contribution >= 4 is 40.1 Å². The third kappa shape index (κ3) is 10.5. The second-order valence-electron chi connectivity index (χ2n) is 12.6. The van der Waals surface area contributed by atoms with E-state index in [4.69, 9.17) is 16.9 Å². The minimum atomic E-state index is -4.77. The molecule has 0 saturated heterocycles. The molecular weight excluding hydrogens is 744 g/mol. The number of aromatic nitrogens is 2. The van der Waals surface area contributed by atoms with Gasteiger partial charge in [0.25, 0.3) is 11.8 Å². The van der Waals surface area contributed by atoms with Gasteiger partial charge in [-0.15, -0.1) is 6.42 Å². The summed E-state index contributed by atoms with van der Waals surface area (Å²) >= 11 is 0. The number of rotatable bonds is 8. The molecule has 1 aromatic heterocycles. The number of hydrogen-bond donors (Lipinski definition) is 2. The lowest BCUT2D eigenvalue weighted by atomic mass is 9.99. The van der Waals surface area contributed by atoms with E-state index in [2.05, 4.69) is 39.8 Å². The molecule has 0 unspecified atom stereocenters. The number of nitrogen functional groups attached to an aromatic ring is 1. The van der Waals surface area contributed by atoms with Crippen molar-refractivity contribution in [2.75, 3.05) is 38.9 Å². The molecule has 292 valence electrons. The number of alkyl halides is 6. The van der Waals surface area contributed by atoms with Gasteiger partial charge in [-0.25, -0.2) is 14.8 Å². The van der Waals surface area contributed by atoms with Crippen LogP contribution in [0.4, 0.5) is 37.7 Å². The summed E-state index contributed by atoms with van der Waals surface area (Å²) in [5, 5.41) is 2.96. The third-order valence-electron chi connectivity index (χ3n) is 7.92. The van der Waals surface area contributed by atoms with Crippen LogP contribution < -0.4 is 15.8 Å². The first kappa shape index (κ1) is 42.1. The monoisotopic (exact) mass is 779 g/mol. The van der Waals surface area contributed by atoms with Crippen molar-refractivity contribution in [3.63, 3.8) is 0 Å². The molecule has 0 radical (unpaired) electrons. The van der Waals surface area contributed by atoms with E-state index in [9.17, 15) is 40.7 Å². The number of anilines is 2. The van der Waals surface area contributed by atoms with E-state index in [0.717, 1.165) is 30.9 Å². The fraction of sp³-hybridized carbons (Fsp3) is 0.225. The van der Waals surface area contributed by atoms with Crippen molar-refractivity contribution in [3.8, 4) is 29.4 Å². The number of methoxy groups -OCH3 is 1. The topological polar surface area (TPSA) is 137 Å². The first-order valence-corrected chi connectivity index (χ1v) is 16.5. The summed E-state index contributed by atoms with van der Waals surface area (Å²) in [5.74, 6) is 0.508. The first-order chi connectivity index (χ1) is 26.2. The van der Waals surface area contributed by atoms with Crippen LogP contribution in [0, 0.1) is 12.3 Å². The van der Waals surface area contributed by atoms with Crippen LogP contribution in [0.25, 0.3) is 22.2 Å². The van der Waals surface area contributed by atoms with Crippen LogP contribution >= 0.6 is 0 Å². The summed E-state index contributed by atoms with van der Waals surface area (Å²) < 4.78 is 87.8. The molecule has 0 bridgehead atoms. The SMILES string of the molecule is C#CCOc1ccc2nc(C(=O)Nc3cc(C(=O)OC)cc(C(F)(F)F)c3)nc(-c3ccc(C(C)C)cc3)c2c1.CN(C)C(=O)c1cc(N)cc(C(F)(F)F)c1. The maximum Gasteiger partial charge on any atom is 0.416 e. The van der Waals surface area contributed by atoms with Crippen LogP contribution in [-0.2, 0) is 17.1 Å². The number of esters is 1. The Kier molecular flexibility index (Phi) is 13.0. The zero-order chi connectivity index (χ0) is 41.5. The lowest BCUT2D eigenvalue weighted by Gasteiger charge is -2.14. The molecule has 0 atom stereocenters. The molecule has 0 aliphatic heterocycles. The van der Waals surface area contributed by atoms with Gasteiger partial charge in [0.2, 0.25) is 5.82 Å². The molecule has 56 heavy (non-hydrogen) atoms. The number of nitrogens with two attached hydrogens (primary N) is 1. The van der Waals surface area contributed by atoms with E-state index in [-0.39, 0.29) is 34.9 Å². The Hall–Kier alpha value is -6.63. The number of halogens is 6. The van der Waals surface area contributed by atoms with Gasteiger partial charge in [-0.1, -0.05) is 44.0 Å². The van der Waals surface area contributed by atoms with Crippen LogP contribution in [0.15, 0.2) is 78.9 Å². The molecule has 16 heteroatoms. The number of benzene rings is 4. The van der Waals surface area contributed by atoms with Gasteiger partial charge in [0.15, 0.2) is 0 Å². The minimum absolute atomic E-state index is 0.0514. The summed E-state index contributed by atoms with van der Waals surface area (Å²) in [5.41, 5.74) is 5.07. The molecule has 0 aliphatic carbocycles. The standard InChI is InChI=1S/C30H24F3N3O4.C10H11F3N2O/c1-5-12-40-23-10-11-25-24(16-23)26(19-8-6-18(7-9-19)17(2)3)36-27(35-25)28(37)34-22-14-20(29(38)39-4)13-21(15-22)30(31,32)33;1-15(2)9(16)6-3-7(10(11,12)13)5-8(14)4-6/h1,6-11,13-17H,12H2,2-4H3,(H,34,37);3-5H,14H2,1-2H3. The quantitative estimate of drug-likeness (QED) is 0.0693. The van der Waals surface area contributed by atoms with Crippen molar-refractivity contribution in [1.29, 1.82) is 0 Å². The maximum atomic E-state index is 13.5. The van der Waals surface area contributed by atoms with Gasteiger partial charge in [0.1, 0.15) is 12.4 Å². The molecule has 0 fully saturated rings. The molecule has 2 amide bonds. The molecule has 0 aliphatic rings. The summed E-state index contributed by atoms with van der Waals surface area (Å²) in [4.78, 5) is 46.7. The highest BCUT2D eigenvalue weighted by atomic mass is 19.4. The second kappa shape index (κ2) is 17.2. The molecule has 3 N–H and O–H groups in total. The van der Waals surface area contributed by atoms with Crippen molar-refractivity contribution in [2.24, 2.45) is 0 Å². The fourth-order valence-electron chi connectivity index (χ4n) is 5.15. The average molecular weight is 780 g/mol. The van der Waals surface area contributed by atoms with Crippen molar-refractivity contribution in [3.05, 3.63) is 113 Å². The number of amides is 2. The Bertz CT molecular complexity index is 2300. The maximum absolute atomic E-state index is 13.5. The van der Waals surface area contributed by atoms with Gasteiger partial charge in [-0.2, -0.15) is 26.3 Å². The summed E-state index contributed by atoms with van der Waals surface area (Å²) in [7, 11) is 3.96. The molecule has 10 nitrogen and oxygen atoms in total. The van der Waals surface area contributed by atoms with Crippen molar-refractivity contribution < 1.29 is 50.2 Å². The van der Waals surface area contributed by atoms with Crippen molar-refractivity contribution in [2.45, 2.75) is 32.1 Å². The number of fused-ring (bicyclic) bond motifs is 1. The van der Waals surface area contributed by atoms with E-state index in [1.54, 1.807) is 18.2 Å². The predicted octanol–water partition coefficient (Wildman–Crippen LogP) is 8.48. The lowest BCUT2D eigenvalue weighted by molar-refractivity contribution is -0.138. The van der Waals surface area contributed by atoms with E-state index in [0.29, 0.717) is 46.0 Å². The molecule has 5 rings (SSSR count). The van der Waals surface area contributed by atoms with Gasteiger partial charge in [-0.05, 0) is 66.1 Å². The number of nitrogens with zero attached hydrogens (tertiary/aromatic N) is 3. The molecule has 0 spiro atoms. The predicted molar refractivity (Wildman–Crippen MR) is 198 cm³/mol. The normalized spacial score (nSPS) is 11.3.